The topological polar surface area (TPSA) is 107 Å². The summed E-state index contributed by atoms with van der Waals surface area (Å²) in [4.78, 5) is 38.4. The molecule has 0 bridgehead atoms. The molecule has 1 fully saturated rings. The van der Waals surface area contributed by atoms with Crippen LogP contribution < -0.4 is 21.3 Å². The number of nitrogens with zero attached hydrogens (tertiary/aromatic N) is 2. The van der Waals surface area contributed by atoms with Crippen LogP contribution in [0.5, 0.6) is 5.75 Å². The van der Waals surface area contributed by atoms with E-state index in [1.165, 1.54) is 12.1 Å². The first-order chi connectivity index (χ1) is 13.8. The molecule has 2 aliphatic heterocycles. The van der Waals surface area contributed by atoms with Gasteiger partial charge in [0, 0.05) is 12.1 Å². The number of imide groups is 1. The highest BCUT2D eigenvalue weighted by atomic mass is 19.1. The van der Waals surface area contributed by atoms with Gasteiger partial charge in [0.25, 0.3) is 17.4 Å². The Balaban J connectivity index is 1.59. The summed E-state index contributed by atoms with van der Waals surface area (Å²) in [5.41, 5.74) is 5.32. The number of rotatable bonds is 4. The molecule has 0 saturated carbocycles. The van der Waals surface area contributed by atoms with Crippen molar-refractivity contribution in [3.8, 4) is 11.4 Å². The Bertz CT molecular complexity index is 1060. The summed E-state index contributed by atoms with van der Waals surface area (Å²) in [7, 11) is 2.07. The number of piperidine rings is 1. The van der Waals surface area contributed by atoms with Crippen LogP contribution in [0.4, 0.5) is 10.2 Å². The average Bonchev–Trinajstić information content (AvgIpc) is 2.96. The second-order valence-corrected chi connectivity index (χ2v) is 7.45. The van der Waals surface area contributed by atoms with Gasteiger partial charge in [-0.2, -0.15) is 0 Å². The zero-order valence-electron chi connectivity index (χ0n) is 15.9. The molecule has 1 aromatic carbocycles. The van der Waals surface area contributed by atoms with Gasteiger partial charge in [-0.05, 0) is 51.0 Å². The van der Waals surface area contributed by atoms with E-state index in [-0.39, 0.29) is 28.4 Å². The molecule has 2 aliphatic rings. The Morgan fingerprint density at radius 2 is 1.90 bits per heavy atom. The van der Waals surface area contributed by atoms with Gasteiger partial charge in [-0.3, -0.25) is 24.3 Å². The summed E-state index contributed by atoms with van der Waals surface area (Å²) in [6.45, 7) is 2.41. The number of pyridine rings is 1. The maximum Gasteiger partial charge on any atom is 0.262 e. The molecule has 0 unspecified atom stereocenters. The number of hydrogen-bond donors (Lipinski definition) is 2. The molecule has 29 heavy (non-hydrogen) atoms. The van der Waals surface area contributed by atoms with E-state index in [0.717, 1.165) is 42.6 Å². The number of fused-ring (bicyclic) bond motifs is 1. The summed E-state index contributed by atoms with van der Waals surface area (Å²) in [5, 5.41) is 2.09. The Kier molecular flexibility index (Phi) is 4.83. The van der Waals surface area contributed by atoms with Crippen molar-refractivity contribution < 1.29 is 18.7 Å². The Morgan fingerprint density at radius 1 is 1.17 bits per heavy atom. The number of aromatic nitrogens is 1. The van der Waals surface area contributed by atoms with E-state index in [4.69, 9.17) is 10.5 Å². The molecular formula is C20H21FN4O4. The van der Waals surface area contributed by atoms with Gasteiger partial charge in [0.1, 0.15) is 5.82 Å². The third-order valence-electron chi connectivity index (χ3n) is 5.44. The molecule has 152 valence electrons. The van der Waals surface area contributed by atoms with E-state index in [1.807, 2.05) is 0 Å². The largest absolute Gasteiger partial charge is 0.490 e. The van der Waals surface area contributed by atoms with E-state index in [2.05, 4.69) is 17.3 Å². The number of amides is 2. The molecule has 4 rings (SSSR count). The van der Waals surface area contributed by atoms with Gasteiger partial charge in [-0.25, -0.2) is 4.39 Å². The minimum absolute atomic E-state index is 0.0766. The third kappa shape index (κ3) is 3.49. The Labute approximate surface area is 166 Å². The number of likely N-dealkylation sites (tertiary alicyclic amines) is 1. The summed E-state index contributed by atoms with van der Waals surface area (Å²) >= 11 is 0. The third-order valence-corrected chi connectivity index (χ3v) is 5.44. The van der Waals surface area contributed by atoms with Gasteiger partial charge in [0.15, 0.2) is 11.6 Å². The molecule has 0 spiro atoms. The number of hydrogen-bond acceptors (Lipinski definition) is 6. The van der Waals surface area contributed by atoms with Crippen LogP contribution in [0.15, 0.2) is 29.1 Å². The number of ether oxygens (including phenoxy) is 1. The van der Waals surface area contributed by atoms with E-state index in [1.54, 1.807) is 0 Å². The standard InChI is InChI=1S/C20H21FN4O4/c1-24-6-4-11(5-7-24)10-29-15-3-2-12(8-14(15)21)25-16(26)9-13-17(18(25)22)20(28)23-19(13)27/h2-3,8-9,11H,4-7,10,22H2,1H3,(H,23,27,28). The maximum absolute atomic E-state index is 14.6. The zero-order chi connectivity index (χ0) is 20.7. The van der Waals surface area contributed by atoms with Crippen molar-refractivity contribution in [2.24, 2.45) is 5.92 Å². The van der Waals surface area contributed by atoms with Gasteiger partial charge in [0.05, 0.1) is 23.4 Å². The van der Waals surface area contributed by atoms with Crippen LogP contribution in [0.25, 0.3) is 5.69 Å². The Morgan fingerprint density at radius 3 is 2.59 bits per heavy atom. The fourth-order valence-corrected chi connectivity index (χ4v) is 3.73. The molecule has 2 aromatic rings. The number of anilines is 1. The molecule has 0 radical (unpaired) electrons. The summed E-state index contributed by atoms with van der Waals surface area (Å²) in [6, 6.07) is 5.08. The number of benzene rings is 1. The summed E-state index contributed by atoms with van der Waals surface area (Å²) < 4.78 is 21.3. The van der Waals surface area contributed by atoms with Crippen molar-refractivity contribution in [3.63, 3.8) is 0 Å². The molecule has 1 aromatic heterocycles. The first-order valence-corrected chi connectivity index (χ1v) is 9.37. The fraction of sp³-hybridized carbons (Fsp3) is 0.350. The highest BCUT2D eigenvalue weighted by molar-refractivity contribution is 6.23. The van der Waals surface area contributed by atoms with Crippen LogP contribution >= 0.6 is 0 Å². The highest BCUT2D eigenvalue weighted by Gasteiger charge is 2.32. The lowest BCUT2D eigenvalue weighted by molar-refractivity contribution is 0.0880. The lowest BCUT2D eigenvalue weighted by Crippen LogP contribution is -2.32. The quantitative estimate of drug-likeness (QED) is 0.746. The summed E-state index contributed by atoms with van der Waals surface area (Å²) in [6.07, 6.45) is 2.00. The predicted molar refractivity (Wildman–Crippen MR) is 104 cm³/mol. The Hall–Kier alpha value is -3.20. The predicted octanol–water partition coefficient (Wildman–Crippen LogP) is 1.16. The SMILES string of the molecule is CN1CCC(COc2ccc(-n3c(N)c4c(cc3=O)C(=O)NC4=O)cc2F)CC1. The lowest BCUT2D eigenvalue weighted by atomic mass is 9.98. The lowest BCUT2D eigenvalue weighted by Gasteiger charge is -2.28. The van der Waals surface area contributed by atoms with Crippen molar-refractivity contribution in [3.05, 3.63) is 51.6 Å². The normalized spacial score (nSPS) is 17.3. The highest BCUT2D eigenvalue weighted by Crippen LogP contribution is 2.26. The molecule has 0 atom stereocenters. The number of nitrogens with one attached hydrogen (secondary N) is 1. The van der Waals surface area contributed by atoms with E-state index < -0.39 is 23.2 Å². The number of nitrogen functional groups attached to an aromatic ring is 1. The molecule has 3 heterocycles. The number of halogens is 1. The van der Waals surface area contributed by atoms with Crippen molar-refractivity contribution in [1.29, 1.82) is 0 Å². The van der Waals surface area contributed by atoms with Crippen molar-refractivity contribution in [2.75, 3.05) is 32.5 Å². The molecule has 8 nitrogen and oxygen atoms in total. The van der Waals surface area contributed by atoms with Gasteiger partial charge < -0.3 is 15.4 Å². The summed E-state index contributed by atoms with van der Waals surface area (Å²) in [5.74, 6) is -1.75. The monoisotopic (exact) mass is 400 g/mol. The van der Waals surface area contributed by atoms with Crippen molar-refractivity contribution >= 4 is 17.6 Å². The molecule has 9 heteroatoms. The van der Waals surface area contributed by atoms with Crippen molar-refractivity contribution in [1.82, 2.24) is 14.8 Å². The minimum atomic E-state index is -0.685. The van der Waals surface area contributed by atoms with Gasteiger partial charge in [-0.1, -0.05) is 0 Å². The second kappa shape index (κ2) is 7.32. The van der Waals surface area contributed by atoms with E-state index >= 15 is 0 Å². The first-order valence-electron chi connectivity index (χ1n) is 9.37. The number of carbonyl (C=O) groups excluding carboxylic acids is 2. The van der Waals surface area contributed by atoms with Crippen LogP contribution in [0.1, 0.15) is 33.6 Å². The fourth-order valence-electron chi connectivity index (χ4n) is 3.73. The van der Waals surface area contributed by atoms with Crippen LogP contribution in [-0.4, -0.2) is 48.0 Å². The van der Waals surface area contributed by atoms with Crippen LogP contribution in [0.3, 0.4) is 0 Å². The van der Waals surface area contributed by atoms with Crippen LogP contribution in [0.2, 0.25) is 0 Å². The molecule has 2 amide bonds. The van der Waals surface area contributed by atoms with Crippen molar-refractivity contribution in [2.45, 2.75) is 12.8 Å². The second-order valence-electron chi connectivity index (χ2n) is 7.45. The first kappa shape index (κ1) is 19.1. The molecule has 3 N–H and O–H groups in total. The van der Waals surface area contributed by atoms with Crippen LogP contribution in [0, 0.1) is 11.7 Å². The number of carbonyl (C=O) groups is 2. The average molecular weight is 400 g/mol. The van der Waals surface area contributed by atoms with Gasteiger partial charge in [0.2, 0.25) is 0 Å². The van der Waals surface area contributed by atoms with E-state index in [0.29, 0.717) is 12.5 Å². The maximum atomic E-state index is 14.6. The number of nitrogens with two attached hydrogens (primary N) is 1. The minimum Gasteiger partial charge on any atom is -0.490 e. The molecule has 0 aliphatic carbocycles. The molecule has 1 saturated heterocycles. The van der Waals surface area contributed by atoms with Gasteiger partial charge >= 0.3 is 0 Å². The smallest absolute Gasteiger partial charge is 0.262 e. The van der Waals surface area contributed by atoms with Gasteiger partial charge in [-0.15, -0.1) is 0 Å². The molecular weight excluding hydrogens is 379 g/mol. The van der Waals surface area contributed by atoms with Crippen LogP contribution in [-0.2, 0) is 0 Å². The zero-order valence-corrected chi connectivity index (χ0v) is 15.9. The van der Waals surface area contributed by atoms with E-state index in [9.17, 15) is 18.8 Å².